The maximum atomic E-state index is 11.2. The summed E-state index contributed by atoms with van der Waals surface area (Å²) in [7, 11) is 0. The summed E-state index contributed by atoms with van der Waals surface area (Å²) in [5.41, 5.74) is 2.97. The number of benzene rings is 2. The SMILES string of the molecule is CC.CC1c2c(cccc2[N+](=O)[O-])Cc2cccc([N+](=O)[O-])c21. The summed E-state index contributed by atoms with van der Waals surface area (Å²) < 4.78 is 0. The van der Waals surface area contributed by atoms with E-state index in [4.69, 9.17) is 0 Å². The largest absolute Gasteiger partial charge is 0.273 e. The van der Waals surface area contributed by atoms with E-state index in [2.05, 4.69) is 0 Å². The predicted molar refractivity (Wildman–Crippen MR) is 87.9 cm³/mol. The van der Waals surface area contributed by atoms with Gasteiger partial charge in [-0.1, -0.05) is 45.0 Å². The lowest BCUT2D eigenvalue weighted by Gasteiger charge is -2.25. The molecule has 0 N–H and O–H groups in total. The predicted octanol–water partition coefficient (Wildman–Crippen LogP) is 4.59. The van der Waals surface area contributed by atoms with Gasteiger partial charge in [-0.3, -0.25) is 20.2 Å². The Balaban J connectivity index is 0.000000924. The van der Waals surface area contributed by atoms with Gasteiger partial charge >= 0.3 is 0 Å². The molecule has 1 aliphatic carbocycles. The van der Waals surface area contributed by atoms with Crippen LogP contribution in [0.15, 0.2) is 36.4 Å². The minimum absolute atomic E-state index is 0.0313. The average Bonchev–Trinajstić information content (AvgIpc) is 2.55. The molecule has 0 saturated carbocycles. The van der Waals surface area contributed by atoms with Crippen LogP contribution >= 0.6 is 0 Å². The summed E-state index contributed by atoms with van der Waals surface area (Å²) in [6.07, 6.45) is 0.484. The van der Waals surface area contributed by atoms with Crippen molar-refractivity contribution in [3.63, 3.8) is 0 Å². The number of nitro benzene ring substituents is 2. The third-order valence-corrected chi connectivity index (χ3v) is 3.99. The average molecular weight is 314 g/mol. The topological polar surface area (TPSA) is 86.3 Å². The van der Waals surface area contributed by atoms with Crippen LogP contribution in [0.25, 0.3) is 0 Å². The zero-order valence-corrected chi connectivity index (χ0v) is 13.3. The molecule has 0 bridgehead atoms. The molecule has 120 valence electrons. The van der Waals surface area contributed by atoms with Gasteiger partial charge in [-0.25, -0.2) is 0 Å². The van der Waals surface area contributed by atoms with Crippen molar-refractivity contribution in [1.82, 2.24) is 0 Å². The Labute approximate surface area is 134 Å². The monoisotopic (exact) mass is 314 g/mol. The number of nitro groups is 2. The molecule has 0 fully saturated rings. The summed E-state index contributed by atoms with van der Waals surface area (Å²) in [6.45, 7) is 5.79. The van der Waals surface area contributed by atoms with Gasteiger partial charge in [0.2, 0.25) is 0 Å². The molecule has 0 radical (unpaired) electrons. The molecule has 1 aliphatic rings. The second-order valence-electron chi connectivity index (χ2n) is 5.11. The third kappa shape index (κ3) is 2.79. The van der Waals surface area contributed by atoms with Crippen LogP contribution in [0, 0.1) is 20.2 Å². The number of hydrogen-bond donors (Lipinski definition) is 0. The second kappa shape index (κ2) is 6.56. The highest BCUT2D eigenvalue weighted by atomic mass is 16.6. The van der Waals surface area contributed by atoms with Gasteiger partial charge < -0.3 is 0 Å². The molecular formula is C17H18N2O4. The van der Waals surface area contributed by atoms with Gasteiger partial charge in [0, 0.05) is 29.2 Å². The van der Waals surface area contributed by atoms with Crippen LogP contribution in [0.3, 0.4) is 0 Å². The molecule has 0 spiro atoms. The van der Waals surface area contributed by atoms with Crippen LogP contribution < -0.4 is 0 Å². The fraction of sp³-hybridized carbons (Fsp3) is 0.294. The Bertz CT molecular complexity index is 708. The minimum Gasteiger partial charge on any atom is -0.258 e. The molecule has 0 unspecified atom stereocenters. The lowest BCUT2D eigenvalue weighted by atomic mass is 9.77. The minimum atomic E-state index is -0.422. The molecule has 6 heteroatoms. The van der Waals surface area contributed by atoms with Crippen molar-refractivity contribution in [2.45, 2.75) is 33.1 Å². The van der Waals surface area contributed by atoms with E-state index in [1.165, 1.54) is 12.1 Å². The summed E-state index contributed by atoms with van der Waals surface area (Å²) in [4.78, 5) is 21.6. The first-order valence-corrected chi connectivity index (χ1v) is 7.53. The highest BCUT2D eigenvalue weighted by Gasteiger charge is 2.33. The summed E-state index contributed by atoms with van der Waals surface area (Å²) in [6, 6.07) is 9.92. The van der Waals surface area contributed by atoms with E-state index in [1.807, 2.05) is 26.0 Å². The van der Waals surface area contributed by atoms with Crippen molar-refractivity contribution < 1.29 is 9.85 Å². The van der Waals surface area contributed by atoms with Gasteiger partial charge in [0.05, 0.1) is 9.85 Å². The smallest absolute Gasteiger partial charge is 0.258 e. The van der Waals surface area contributed by atoms with E-state index in [9.17, 15) is 20.2 Å². The summed E-state index contributed by atoms with van der Waals surface area (Å²) in [5.74, 6) is -0.369. The van der Waals surface area contributed by atoms with E-state index in [0.717, 1.165) is 11.1 Å². The van der Waals surface area contributed by atoms with Gasteiger partial charge in [-0.2, -0.15) is 0 Å². The van der Waals surface area contributed by atoms with Crippen molar-refractivity contribution >= 4 is 11.4 Å². The summed E-state index contributed by atoms with van der Waals surface area (Å²) >= 11 is 0. The standard InChI is InChI=1S/C15H12N2O4.C2H6/c1-9-14-10(4-2-6-12(14)16(18)19)8-11-5-3-7-13(15(9)11)17(20)21;1-2/h2-7,9H,8H2,1H3;1-2H3. The highest BCUT2D eigenvalue weighted by Crippen LogP contribution is 2.44. The van der Waals surface area contributed by atoms with E-state index in [1.54, 1.807) is 19.1 Å². The zero-order valence-electron chi connectivity index (χ0n) is 13.3. The normalized spacial score (nSPS) is 12.5. The second-order valence-corrected chi connectivity index (χ2v) is 5.11. The van der Waals surface area contributed by atoms with Gasteiger partial charge in [-0.05, 0) is 17.5 Å². The molecule has 2 aromatic carbocycles. The molecule has 2 aromatic rings. The lowest BCUT2D eigenvalue weighted by Crippen LogP contribution is -2.15. The van der Waals surface area contributed by atoms with Crippen molar-refractivity contribution in [3.05, 3.63) is 78.9 Å². The summed E-state index contributed by atoms with van der Waals surface area (Å²) in [5, 5.41) is 22.4. The highest BCUT2D eigenvalue weighted by molar-refractivity contribution is 5.62. The van der Waals surface area contributed by atoms with Crippen LogP contribution in [-0.2, 0) is 6.42 Å². The maximum absolute atomic E-state index is 11.2. The molecule has 0 aliphatic heterocycles. The Morgan fingerprint density at radius 2 is 1.26 bits per heavy atom. The van der Waals surface area contributed by atoms with E-state index < -0.39 is 9.85 Å². The molecule has 0 amide bonds. The van der Waals surface area contributed by atoms with Crippen LogP contribution in [-0.4, -0.2) is 9.85 Å². The first kappa shape index (κ1) is 16.6. The number of rotatable bonds is 2. The maximum Gasteiger partial charge on any atom is 0.273 e. The fourth-order valence-corrected chi connectivity index (χ4v) is 3.18. The molecule has 0 heterocycles. The van der Waals surface area contributed by atoms with Crippen LogP contribution in [0.2, 0.25) is 0 Å². The van der Waals surface area contributed by atoms with Gasteiger partial charge in [0.1, 0.15) is 0 Å². The molecule has 0 aromatic heterocycles. The van der Waals surface area contributed by atoms with Crippen LogP contribution in [0.1, 0.15) is 48.9 Å². The van der Waals surface area contributed by atoms with Crippen molar-refractivity contribution in [1.29, 1.82) is 0 Å². The van der Waals surface area contributed by atoms with E-state index in [-0.39, 0.29) is 17.3 Å². The van der Waals surface area contributed by atoms with E-state index in [0.29, 0.717) is 17.5 Å². The zero-order chi connectivity index (χ0) is 17.1. The first-order chi connectivity index (χ1) is 11.0. The Morgan fingerprint density at radius 1 is 0.870 bits per heavy atom. The number of fused-ring (bicyclic) bond motifs is 2. The van der Waals surface area contributed by atoms with Crippen molar-refractivity contribution in [3.8, 4) is 0 Å². The van der Waals surface area contributed by atoms with Crippen LogP contribution in [0.5, 0.6) is 0 Å². The Hall–Kier alpha value is -2.76. The molecule has 3 rings (SSSR count). The molecule has 6 nitrogen and oxygen atoms in total. The number of hydrogen-bond acceptors (Lipinski definition) is 4. The molecule has 23 heavy (non-hydrogen) atoms. The Kier molecular flexibility index (Phi) is 4.74. The molecule has 0 atom stereocenters. The third-order valence-electron chi connectivity index (χ3n) is 3.99. The molecule has 0 saturated heterocycles. The quantitative estimate of drug-likeness (QED) is 0.599. The Morgan fingerprint density at radius 3 is 1.61 bits per heavy atom. The van der Waals surface area contributed by atoms with Crippen molar-refractivity contribution in [2.75, 3.05) is 0 Å². The lowest BCUT2D eigenvalue weighted by molar-refractivity contribution is -0.386. The van der Waals surface area contributed by atoms with Gasteiger partial charge in [0.25, 0.3) is 11.4 Å². The van der Waals surface area contributed by atoms with Gasteiger partial charge in [0.15, 0.2) is 0 Å². The van der Waals surface area contributed by atoms with Gasteiger partial charge in [-0.15, -0.1) is 0 Å². The molecular weight excluding hydrogens is 296 g/mol. The number of nitrogens with zero attached hydrogens (tertiary/aromatic N) is 2. The van der Waals surface area contributed by atoms with E-state index >= 15 is 0 Å². The van der Waals surface area contributed by atoms with Crippen LogP contribution in [0.4, 0.5) is 11.4 Å². The fourth-order valence-electron chi connectivity index (χ4n) is 3.18. The van der Waals surface area contributed by atoms with Crippen molar-refractivity contribution in [2.24, 2.45) is 0 Å². The first-order valence-electron chi connectivity index (χ1n) is 7.53.